The summed E-state index contributed by atoms with van der Waals surface area (Å²) in [6.45, 7) is 2.13. The van der Waals surface area contributed by atoms with Crippen molar-refractivity contribution < 1.29 is 14.6 Å². The predicted octanol–water partition coefficient (Wildman–Crippen LogP) is 3.38. The first-order chi connectivity index (χ1) is 9.10. The minimum absolute atomic E-state index is 0.277. The number of hydrogen-bond donors (Lipinski definition) is 2. The molecule has 0 spiro atoms. The molecule has 1 aromatic rings. The highest BCUT2D eigenvalue weighted by Crippen LogP contribution is 2.32. The van der Waals surface area contributed by atoms with Gasteiger partial charge in [0.2, 0.25) is 0 Å². The Morgan fingerprint density at radius 2 is 2.26 bits per heavy atom. The van der Waals surface area contributed by atoms with Crippen LogP contribution in [0.1, 0.15) is 43.0 Å². The van der Waals surface area contributed by atoms with Crippen LogP contribution in [0, 0.1) is 5.92 Å². The monoisotopic (exact) mass is 263 g/mol. The van der Waals surface area contributed by atoms with Crippen molar-refractivity contribution >= 4 is 11.7 Å². The Hall–Kier alpha value is -1.71. The number of benzene rings is 1. The van der Waals surface area contributed by atoms with E-state index in [1.54, 1.807) is 25.3 Å². The van der Waals surface area contributed by atoms with Gasteiger partial charge in [-0.1, -0.05) is 19.3 Å². The third kappa shape index (κ3) is 3.40. The minimum Gasteiger partial charge on any atom is -0.495 e. The molecule has 0 aliphatic heterocycles. The van der Waals surface area contributed by atoms with E-state index >= 15 is 0 Å². The smallest absolute Gasteiger partial charge is 0.335 e. The molecule has 0 heterocycles. The van der Waals surface area contributed by atoms with Crippen molar-refractivity contribution in [3.05, 3.63) is 23.8 Å². The lowest BCUT2D eigenvalue weighted by Crippen LogP contribution is -2.23. The molecular weight excluding hydrogens is 242 g/mol. The highest BCUT2D eigenvalue weighted by atomic mass is 16.5. The second-order valence-corrected chi connectivity index (χ2v) is 5.30. The third-order valence-corrected chi connectivity index (χ3v) is 3.76. The topological polar surface area (TPSA) is 58.6 Å². The van der Waals surface area contributed by atoms with Crippen LogP contribution in [0.2, 0.25) is 0 Å². The first-order valence-electron chi connectivity index (χ1n) is 6.78. The second-order valence-electron chi connectivity index (χ2n) is 5.30. The molecule has 1 atom stereocenters. The highest BCUT2D eigenvalue weighted by molar-refractivity contribution is 5.89. The molecule has 0 radical (unpaired) electrons. The number of aromatic carboxylic acids is 1. The molecule has 2 rings (SSSR count). The molecule has 1 aliphatic carbocycles. The van der Waals surface area contributed by atoms with Crippen LogP contribution >= 0.6 is 0 Å². The maximum absolute atomic E-state index is 11.0. The molecule has 1 fully saturated rings. The number of methoxy groups -OCH3 is 1. The molecule has 1 aliphatic rings. The number of rotatable bonds is 6. The van der Waals surface area contributed by atoms with Gasteiger partial charge in [-0.3, -0.25) is 0 Å². The van der Waals surface area contributed by atoms with Gasteiger partial charge >= 0.3 is 5.97 Å². The summed E-state index contributed by atoms with van der Waals surface area (Å²) < 4.78 is 5.27. The summed E-state index contributed by atoms with van der Waals surface area (Å²) >= 11 is 0. The van der Waals surface area contributed by atoms with Gasteiger partial charge in [0.1, 0.15) is 5.75 Å². The van der Waals surface area contributed by atoms with Gasteiger partial charge in [0.25, 0.3) is 0 Å². The molecule has 0 amide bonds. The largest absolute Gasteiger partial charge is 0.495 e. The average Bonchev–Trinajstić information content (AvgIpc) is 2.33. The number of anilines is 1. The lowest BCUT2D eigenvalue weighted by molar-refractivity contribution is 0.0697. The first kappa shape index (κ1) is 13.7. The zero-order valence-electron chi connectivity index (χ0n) is 11.5. The predicted molar refractivity (Wildman–Crippen MR) is 75.0 cm³/mol. The molecule has 19 heavy (non-hydrogen) atoms. The number of nitrogens with one attached hydrogen (secondary N) is 1. The van der Waals surface area contributed by atoms with Crippen LogP contribution in [0.5, 0.6) is 5.75 Å². The second kappa shape index (κ2) is 5.95. The fraction of sp³-hybridized carbons (Fsp3) is 0.533. The number of carboxylic acid groups (broad SMARTS) is 1. The van der Waals surface area contributed by atoms with Gasteiger partial charge in [-0.15, -0.1) is 0 Å². The standard InChI is InChI=1S/C15H21NO3/c1-10(8-11-4-3-5-11)16-13-9-12(15(17)18)6-7-14(13)19-2/h6-7,9-11,16H,3-5,8H2,1-2H3,(H,17,18). The van der Waals surface area contributed by atoms with E-state index in [2.05, 4.69) is 12.2 Å². The summed E-state index contributed by atoms with van der Waals surface area (Å²) in [6.07, 6.45) is 5.10. The maximum Gasteiger partial charge on any atom is 0.335 e. The van der Waals surface area contributed by atoms with Crippen LogP contribution in [-0.4, -0.2) is 24.2 Å². The molecular formula is C15H21NO3. The molecule has 0 bridgehead atoms. The normalized spacial score (nSPS) is 16.5. The van der Waals surface area contributed by atoms with Crippen molar-refractivity contribution in [2.75, 3.05) is 12.4 Å². The van der Waals surface area contributed by atoms with E-state index in [0.29, 0.717) is 11.8 Å². The quantitative estimate of drug-likeness (QED) is 0.826. The van der Waals surface area contributed by atoms with Crippen LogP contribution in [0.3, 0.4) is 0 Å². The number of ether oxygens (including phenoxy) is 1. The van der Waals surface area contributed by atoms with Gasteiger partial charge in [-0.05, 0) is 37.5 Å². The van der Waals surface area contributed by atoms with E-state index in [9.17, 15) is 4.79 Å². The molecule has 0 aromatic heterocycles. The Morgan fingerprint density at radius 3 is 2.79 bits per heavy atom. The first-order valence-corrected chi connectivity index (χ1v) is 6.78. The number of carboxylic acids is 1. The van der Waals surface area contributed by atoms with Crippen LogP contribution in [0.4, 0.5) is 5.69 Å². The van der Waals surface area contributed by atoms with Gasteiger partial charge in [0.15, 0.2) is 0 Å². The van der Waals surface area contributed by atoms with Crippen molar-refractivity contribution in [2.24, 2.45) is 5.92 Å². The van der Waals surface area contributed by atoms with Crippen molar-refractivity contribution in [2.45, 2.75) is 38.6 Å². The molecule has 104 valence electrons. The van der Waals surface area contributed by atoms with Crippen molar-refractivity contribution in [3.8, 4) is 5.75 Å². The van der Waals surface area contributed by atoms with Crippen molar-refractivity contribution in [1.82, 2.24) is 0 Å². The summed E-state index contributed by atoms with van der Waals surface area (Å²) in [7, 11) is 1.59. The van der Waals surface area contributed by atoms with Crippen LogP contribution in [-0.2, 0) is 0 Å². The summed E-state index contributed by atoms with van der Waals surface area (Å²) in [5.41, 5.74) is 1.04. The number of hydrogen-bond acceptors (Lipinski definition) is 3. The molecule has 1 saturated carbocycles. The summed E-state index contributed by atoms with van der Waals surface area (Å²) in [4.78, 5) is 11.0. The average molecular weight is 263 g/mol. The van der Waals surface area contributed by atoms with Gasteiger partial charge in [-0.25, -0.2) is 4.79 Å². The lowest BCUT2D eigenvalue weighted by atomic mass is 9.81. The van der Waals surface area contributed by atoms with Crippen LogP contribution < -0.4 is 10.1 Å². The Balaban J connectivity index is 2.07. The van der Waals surface area contributed by atoms with Gasteiger partial charge in [0, 0.05) is 6.04 Å². The molecule has 1 unspecified atom stereocenters. The zero-order chi connectivity index (χ0) is 13.8. The Kier molecular flexibility index (Phi) is 4.30. The van der Waals surface area contributed by atoms with E-state index < -0.39 is 5.97 Å². The summed E-state index contributed by atoms with van der Waals surface area (Å²) in [5, 5.41) is 12.4. The van der Waals surface area contributed by atoms with E-state index in [0.717, 1.165) is 18.0 Å². The van der Waals surface area contributed by atoms with Gasteiger partial charge < -0.3 is 15.2 Å². The molecule has 4 heteroatoms. The van der Waals surface area contributed by atoms with E-state index in [1.165, 1.54) is 19.3 Å². The molecule has 0 saturated heterocycles. The Morgan fingerprint density at radius 1 is 1.53 bits per heavy atom. The van der Waals surface area contributed by atoms with Crippen LogP contribution in [0.25, 0.3) is 0 Å². The lowest BCUT2D eigenvalue weighted by Gasteiger charge is -2.29. The van der Waals surface area contributed by atoms with Crippen LogP contribution in [0.15, 0.2) is 18.2 Å². The zero-order valence-corrected chi connectivity index (χ0v) is 11.5. The summed E-state index contributed by atoms with van der Waals surface area (Å²) in [6, 6.07) is 5.21. The van der Waals surface area contributed by atoms with Crippen molar-refractivity contribution in [1.29, 1.82) is 0 Å². The SMILES string of the molecule is COc1ccc(C(=O)O)cc1NC(C)CC1CCC1. The Bertz CT molecular complexity index is 455. The Labute approximate surface area is 113 Å². The maximum atomic E-state index is 11.0. The highest BCUT2D eigenvalue weighted by Gasteiger charge is 2.20. The third-order valence-electron chi connectivity index (χ3n) is 3.76. The molecule has 4 nitrogen and oxygen atoms in total. The van der Waals surface area contributed by atoms with Gasteiger partial charge in [-0.2, -0.15) is 0 Å². The minimum atomic E-state index is -0.919. The number of carbonyl (C=O) groups is 1. The fourth-order valence-electron chi connectivity index (χ4n) is 2.51. The van der Waals surface area contributed by atoms with E-state index in [-0.39, 0.29) is 5.56 Å². The van der Waals surface area contributed by atoms with E-state index in [4.69, 9.17) is 9.84 Å². The van der Waals surface area contributed by atoms with Gasteiger partial charge in [0.05, 0.1) is 18.4 Å². The van der Waals surface area contributed by atoms with Crippen molar-refractivity contribution in [3.63, 3.8) is 0 Å². The molecule has 1 aromatic carbocycles. The van der Waals surface area contributed by atoms with E-state index in [1.807, 2.05) is 0 Å². The summed E-state index contributed by atoms with van der Waals surface area (Å²) in [5.74, 6) is 0.582. The molecule has 2 N–H and O–H groups in total. The fourth-order valence-corrected chi connectivity index (χ4v) is 2.51.